The normalized spacial score (nSPS) is 19.6. The van der Waals surface area contributed by atoms with Crippen LogP contribution in [0.2, 0.25) is 0 Å². The maximum atomic E-state index is 11.8. The second kappa shape index (κ2) is 7.26. The van der Waals surface area contributed by atoms with Gasteiger partial charge in [0.2, 0.25) is 5.91 Å². The minimum absolute atomic E-state index is 0.0798. The molecule has 1 saturated heterocycles. The Balaban J connectivity index is 1.88. The van der Waals surface area contributed by atoms with Gasteiger partial charge in [0.15, 0.2) is 0 Å². The van der Waals surface area contributed by atoms with Crippen LogP contribution in [0.25, 0.3) is 0 Å². The number of carbonyl (C=O) groups is 1. The fraction of sp³-hybridized carbons (Fsp3) is 0.533. The Bertz CT molecular complexity index is 444. The van der Waals surface area contributed by atoms with E-state index in [0.29, 0.717) is 13.2 Å². The summed E-state index contributed by atoms with van der Waals surface area (Å²) in [7, 11) is 0. The highest BCUT2D eigenvalue weighted by atomic mass is 16.5. The fourth-order valence-electron chi connectivity index (χ4n) is 2.00. The number of amides is 1. The number of rotatable bonds is 6. The first-order chi connectivity index (χ1) is 9.69. The van der Waals surface area contributed by atoms with Gasteiger partial charge >= 0.3 is 0 Å². The van der Waals surface area contributed by atoms with Gasteiger partial charge in [0.05, 0.1) is 6.10 Å². The van der Waals surface area contributed by atoms with Crippen molar-refractivity contribution in [2.45, 2.75) is 25.9 Å². The molecule has 1 aliphatic rings. The van der Waals surface area contributed by atoms with Crippen molar-refractivity contribution in [3.05, 3.63) is 24.3 Å². The van der Waals surface area contributed by atoms with Gasteiger partial charge in [0, 0.05) is 30.8 Å². The van der Waals surface area contributed by atoms with Gasteiger partial charge in [-0.05, 0) is 25.0 Å². The number of nitrogens with one attached hydrogen (secondary N) is 1. The van der Waals surface area contributed by atoms with Crippen molar-refractivity contribution in [3.63, 3.8) is 0 Å². The summed E-state index contributed by atoms with van der Waals surface area (Å²) in [6.07, 6.45) is 2.33. The molecule has 0 bridgehead atoms. The van der Waals surface area contributed by atoms with Crippen molar-refractivity contribution in [2.75, 3.05) is 25.1 Å². The van der Waals surface area contributed by atoms with Gasteiger partial charge in [-0.1, -0.05) is 13.0 Å². The quantitative estimate of drug-likeness (QED) is 0.832. The van der Waals surface area contributed by atoms with E-state index in [1.807, 2.05) is 24.3 Å². The van der Waals surface area contributed by atoms with Gasteiger partial charge in [-0.2, -0.15) is 0 Å². The van der Waals surface area contributed by atoms with Crippen molar-refractivity contribution in [2.24, 2.45) is 11.7 Å². The van der Waals surface area contributed by atoms with Crippen LogP contribution in [-0.2, 0) is 9.53 Å². The summed E-state index contributed by atoms with van der Waals surface area (Å²) in [5.74, 6) is 0.453. The average molecular weight is 278 g/mol. The average Bonchev–Trinajstić information content (AvgIpc) is 2.98. The molecule has 1 aromatic carbocycles. The summed E-state index contributed by atoms with van der Waals surface area (Å²) >= 11 is 0. The Hall–Kier alpha value is -1.59. The number of benzene rings is 1. The molecule has 1 aromatic rings. The molecule has 1 aliphatic heterocycles. The predicted octanol–water partition coefficient (Wildman–Crippen LogP) is 1.78. The van der Waals surface area contributed by atoms with E-state index in [-0.39, 0.29) is 17.9 Å². The molecule has 2 atom stereocenters. The van der Waals surface area contributed by atoms with E-state index >= 15 is 0 Å². The van der Waals surface area contributed by atoms with Crippen molar-refractivity contribution in [1.29, 1.82) is 0 Å². The largest absolute Gasteiger partial charge is 0.491 e. The van der Waals surface area contributed by atoms with Crippen LogP contribution in [0.1, 0.15) is 19.8 Å². The highest BCUT2D eigenvalue weighted by Crippen LogP contribution is 2.20. The van der Waals surface area contributed by atoms with Crippen LogP contribution >= 0.6 is 0 Å². The van der Waals surface area contributed by atoms with Crippen LogP contribution in [0.5, 0.6) is 5.75 Å². The number of anilines is 1. The minimum Gasteiger partial charge on any atom is -0.491 e. The number of ether oxygens (including phenoxy) is 2. The number of carbonyl (C=O) groups excluding carboxylic acids is 1. The van der Waals surface area contributed by atoms with Gasteiger partial charge in [0.1, 0.15) is 12.4 Å². The van der Waals surface area contributed by atoms with Crippen LogP contribution in [0.3, 0.4) is 0 Å². The van der Waals surface area contributed by atoms with Crippen molar-refractivity contribution in [3.8, 4) is 5.75 Å². The summed E-state index contributed by atoms with van der Waals surface area (Å²) in [6, 6.07) is 7.38. The molecule has 5 heteroatoms. The van der Waals surface area contributed by atoms with Gasteiger partial charge in [-0.15, -0.1) is 0 Å². The zero-order valence-electron chi connectivity index (χ0n) is 11.8. The van der Waals surface area contributed by atoms with E-state index in [0.717, 1.165) is 30.9 Å². The first-order valence-electron chi connectivity index (χ1n) is 7.04. The van der Waals surface area contributed by atoms with E-state index in [9.17, 15) is 4.79 Å². The molecule has 110 valence electrons. The van der Waals surface area contributed by atoms with Crippen LogP contribution in [0, 0.1) is 5.92 Å². The number of hydrogen-bond donors (Lipinski definition) is 2. The second-order valence-corrected chi connectivity index (χ2v) is 5.10. The highest BCUT2D eigenvalue weighted by Gasteiger charge is 2.16. The van der Waals surface area contributed by atoms with E-state index in [1.165, 1.54) is 0 Å². The molecule has 1 heterocycles. The Morgan fingerprint density at radius 1 is 1.60 bits per heavy atom. The third-order valence-corrected chi connectivity index (χ3v) is 3.36. The standard InChI is InChI=1S/C15H22N2O3/c1-11(9-16)15(18)17-12-4-2-5-13(8-12)20-10-14-6-3-7-19-14/h2,4-5,8,11,14H,3,6-7,9-10,16H2,1H3,(H,17,18). The Kier molecular flexibility index (Phi) is 5.38. The Morgan fingerprint density at radius 3 is 3.15 bits per heavy atom. The lowest BCUT2D eigenvalue weighted by Gasteiger charge is -2.13. The number of nitrogens with two attached hydrogens (primary N) is 1. The maximum absolute atomic E-state index is 11.8. The molecular weight excluding hydrogens is 256 g/mol. The SMILES string of the molecule is CC(CN)C(=O)Nc1cccc(OCC2CCCO2)c1. The lowest BCUT2D eigenvalue weighted by molar-refractivity contribution is -0.119. The van der Waals surface area contributed by atoms with Crippen molar-refractivity contribution in [1.82, 2.24) is 0 Å². The molecule has 2 rings (SSSR count). The molecular formula is C15H22N2O3. The molecule has 2 unspecified atom stereocenters. The molecule has 20 heavy (non-hydrogen) atoms. The third kappa shape index (κ3) is 4.21. The molecule has 0 aromatic heterocycles. The molecule has 0 spiro atoms. The number of hydrogen-bond acceptors (Lipinski definition) is 4. The first kappa shape index (κ1) is 14.8. The molecule has 1 fully saturated rings. The molecule has 3 N–H and O–H groups in total. The Labute approximate surface area is 119 Å². The van der Waals surface area contributed by atoms with E-state index in [2.05, 4.69) is 5.32 Å². The van der Waals surface area contributed by atoms with E-state index < -0.39 is 0 Å². The van der Waals surface area contributed by atoms with Gasteiger partial charge < -0.3 is 20.5 Å². The lowest BCUT2D eigenvalue weighted by Crippen LogP contribution is -2.26. The molecule has 0 radical (unpaired) electrons. The summed E-state index contributed by atoms with van der Waals surface area (Å²) in [5.41, 5.74) is 6.20. The molecule has 0 saturated carbocycles. The summed E-state index contributed by atoms with van der Waals surface area (Å²) < 4.78 is 11.2. The third-order valence-electron chi connectivity index (χ3n) is 3.36. The molecule has 5 nitrogen and oxygen atoms in total. The molecule has 1 amide bonds. The van der Waals surface area contributed by atoms with E-state index in [1.54, 1.807) is 6.92 Å². The van der Waals surface area contributed by atoms with Crippen LogP contribution in [0.15, 0.2) is 24.3 Å². The van der Waals surface area contributed by atoms with Gasteiger partial charge in [-0.3, -0.25) is 4.79 Å². The zero-order valence-corrected chi connectivity index (χ0v) is 11.8. The van der Waals surface area contributed by atoms with Gasteiger partial charge in [0.25, 0.3) is 0 Å². The monoisotopic (exact) mass is 278 g/mol. The topological polar surface area (TPSA) is 73.6 Å². The van der Waals surface area contributed by atoms with Crippen molar-refractivity contribution >= 4 is 11.6 Å². The van der Waals surface area contributed by atoms with Crippen LogP contribution in [-0.4, -0.2) is 31.8 Å². The predicted molar refractivity (Wildman–Crippen MR) is 77.8 cm³/mol. The summed E-state index contributed by atoms with van der Waals surface area (Å²) in [5, 5.41) is 2.83. The summed E-state index contributed by atoms with van der Waals surface area (Å²) in [6.45, 7) is 3.51. The van der Waals surface area contributed by atoms with Crippen LogP contribution in [0.4, 0.5) is 5.69 Å². The minimum atomic E-state index is -0.202. The Morgan fingerprint density at radius 2 is 2.45 bits per heavy atom. The van der Waals surface area contributed by atoms with Crippen LogP contribution < -0.4 is 15.8 Å². The first-order valence-corrected chi connectivity index (χ1v) is 7.04. The fourth-order valence-corrected chi connectivity index (χ4v) is 2.00. The van der Waals surface area contributed by atoms with Gasteiger partial charge in [-0.25, -0.2) is 0 Å². The second-order valence-electron chi connectivity index (χ2n) is 5.10. The summed E-state index contributed by atoms with van der Waals surface area (Å²) in [4.78, 5) is 11.8. The zero-order chi connectivity index (χ0) is 14.4. The van der Waals surface area contributed by atoms with Crippen molar-refractivity contribution < 1.29 is 14.3 Å². The lowest BCUT2D eigenvalue weighted by atomic mass is 10.1. The molecule has 0 aliphatic carbocycles. The maximum Gasteiger partial charge on any atom is 0.228 e. The van der Waals surface area contributed by atoms with E-state index in [4.69, 9.17) is 15.2 Å². The smallest absolute Gasteiger partial charge is 0.228 e. The highest BCUT2D eigenvalue weighted by molar-refractivity contribution is 5.92.